The molecule has 4 rings (SSSR count). The Kier molecular flexibility index (Phi) is 5.81. The molecule has 0 spiro atoms. The third-order valence-corrected chi connectivity index (χ3v) is 5.86. The first-order chi connectivity index (χ1) is 13.7. The Bertz CT molecular complexity index is 799. The number of nitrogens with zero attached hydrogens (tertiary/aromatic N) is 3. The Morgan fingerprint density at radius 1 is 0.786 bits per heavy atom. The zero-order chi connectivity index (χ0) is 19.3. The number of piperidine rings is 1. The fourth-order valence-electron chi connectivity index (χ4n) is 4.29. The van der Waals surface area contributed by atoms with Gasteiger partial charge in [-0.15, -0.1) is 0 Å². The van der Waals surface area contributed by atoms with Gasteiger partial charge in [0.2, 0.25) is 0 Å². The molecule has 0 aliphatic carbocycles. The molecule has 5 heteroatoms. The van der Waals surface area contributed by atoms with Crippen LogP contribution >= 0.6 is 0 Å². The van der Waals surface area contributed by atoms with Gasteiger partial charge in [-0.3, -0.25) is 4.79 Å². The van der Waals surface area contributed by atoms with E-state index in [1.165, 1.54) is 38.0 Å². The lowest BCUT2D eigenvalue weighted by Gasteiger charge is -2.31. The lowest BCUT2D eigenvalue weighted by molar-refractivity contribution is 0.0987. The first kappa shape index (κ1) is 18.8. The van der Waals surface area contributed by atoms with Gasteiger partial charge in [-0.2, -0.15) is 0 Å². The van der Waals surface area contributed by atoms with E-state index in [9.17, 15) is 4.79 Å². The highest BCUT2D eigenvalue weighted by atomic mass is 16.2. The molecule has 2 heterocycles. The van der Waals surface area contributed by atoms with Gasteiger partial charge < -0.3 is 20.4 Å². The molecule has 0 unspecified atom stereocenters. The van der Waals surface area contributed by atoms with Crippen LogP contribution in [0, 0.1) is 0 Å². The van der Waals surface area contributed by atoms with E-state index in [-0.39, 0.29) is 5.91 Å². The number of rotatable bonds is 4. The Morgan fingerprint density at radius 3 is 2.25 bits per heavy atom. The van der Waals surface area contributed by atoms with Crippen LogP contribution < -0.4 is 15.5 Å². The van der Waals surface area contributed by atoms with Crippen LogP contribution in [0.2, 0.25) is 0 Å². The van der Waals surface area contributed by atoms with Crippen LogP contribution in [0.3, 0.4) is 0 Å². The molecule has 1 saturated heterocycles. The quantitative estimate of drug-likeness (QED) is 0.826. The summed E-state index contributed by atoms with van der Waals surface area (Å²) in [5.41, 5.74) is 9.33. The molecule has 0 radical (unpaired) electrons. The summed E-state index contributed by atoms with van der Waals surface area (Å²) in [4.78, 5) is 20.2. The summed E-state index contributed by atoms with van der Waals surface area (Å²) in [6, 6.07) is 15.5. The predicted molar refractivity (Wildman–Crippen MR) is 116 cm³/mol. The molecule has 0 atom stereocenters. The van der Waals surface area contributed by atoms with Crippen molar-refractivity contribution in [1.82, 2.24) is 4.90 Å². The first-order valence-electron chi connectivity index (χ1n) is 10.5. The van der Waals surface area contributed by atoms with Crippen LogP contribution in [0.4, 0.5) is 17.1 Å². The number of nitrogens with two attached hydrogens (primary N) is 1. The molecule has 28 heavy (non-hydrogen) atoms. The average molecular weight is 379 g/mol. The largest absolute Gasteiger partial charge is 0.399 e. The van der Waals surface area contributed by atoms with Crippen LogP contribution in [0.1, 0.15) is 36.0 Å². The zero-order valence-electron chi connectivity index (χ0n) is 16.5. The molecule has 2 aliphatic heterocycles. The van der Waals surface area contributed by atoms with Gasteiger partial charge in [-0.05, 0) is 68.8 Å². The van der Waals surface area contributed by atoms with Crippen molar-refractivity contribution in [3.05, 3.63) is 54.1 Å². The normalized spacial score (nSPS) is 17.9. The van der Waals surface area contributed by atoms with Crippen molar-refractivity contribution >= 4 is 23.0 Å². The van der Waals surface area contributed by atoms with E-state index in [1.807, 2.05) is 23.1 Å². The third kappa shape index (κ3) is 4.14. The summed E-state index contributed by atoms with van der Waals surface area (Å²) in [7, 11) is 0. The molecule has 2 aromatic carbocycles. The molecule has 2 aliphatic rings. The van der Waals surface area contributed by atoms with E-state index in [0.29, 0.717) is 11.3 Å². The van der Waals surface area contributed by atoms with Gasteiger partial charge >= 0.3 is 0 Å². The van der Waals surface area contributed by atoms with Gasteiger partial charge in [-0.1, -0.05) is 18.6 Å². The summed E-state index contributed by atoms with van der Waals surface area (Å²) in [6.07, 6.45) is 4.97. The number of para-hydroxylation sites is 2. The molecule has 2 aromatic rings. The Labute approximate surface area is 167 Å². The maximum Gasteiger partial charge on any atom is 0.258 e. The maximum absolute atomic E-state index is 13.2. The molecule has 0 bridgehead atoms. The highest BCUT2D eigenvalue weighted by Gasteiger charge is 2.25. The van der Waals surface area contributed by atoms with Crippen molar-refractivity contribution in [2.24, 2.45) is 0 Å². The van der Waals surface area contributed by atoms with Crippen LogP contribution in [-0.4, -0.2) is 50.1 Å². The summed E-state index contributed by atoms with van der Waals surface area (Å²) < 4.78 is 0. The van der Waals surface area contributed by atoms with Crippen molar-refractivity contribution in [1.29, 1.82) is 0 Å². The number of hydrogen-bond acceptors (Lipinski definition) is 4. The van der Waals surface area contributed by atoms with Gasteiger partial charge in [0.15, 0.2) is 0 Å². The monoisotopic (exact) mass is 378 g/mol. The first-order valence-corrected chi connectivity index (χ1v) is 10.5. The molecular formula is C23H30N4O. The number of anilines is 3. The average Bonchev–Trinajstić information content (AvgIpc) is 2.93. The van der Waals surface area contributed by atoms with Crippen LogP contribution in [0.25, 0.3) is 0 Å². The van der Waals surface area contributed by atoms with Crippen molar-refractivity contribution in [2.75, 3.05) is 54.8 Å². The lowest BCUT2D eigenvalue weighted by Crippen LogP contribution is -2.38. The smallest absolute Gasteiger partial charge is 0.258 e. The number of amides is 1. The second kappa shape index (κ2) is 8.65. The van der Waals surface area contributed by atoms with Crippen molar-refractivity contribution in [2.45, 2.75) is 25.7 Å². The van der Waals surface area contributed by atoms with E-state index >= 15 is 0 Å². The minimum absolute atomic E-state index is 0.0466. The minimum atomic E-state index is 0.0466. The van der Waals surface area contributed by atoms with Gasteiger partial charge in [0.05, 0.1) is 11.4 Å². The number of carbonyl (C=O) groups excluding carboxylic acids is 1. The fraction of sp³-hybridized carbons (Fsp3) is 0.435. The topological polar surface area (TPSA) is 52.8 Å². The Morgan fingerprint density at radius 2 is 1.50 bits per heavy atom. The molecule has 0 saturated carbocycles. The molecule has 5 nitrogen and oxygen atoms in total. The van der Waals surface area contributed by atoms with Crippen molar-refractivity contribution in [3.8, 4) is 0 Å². The Balaban J connectivity index is 1.54. The summed E-state index contributed by atoms with van der Waals surface area (Å²) in [5, 5.41) is 0. The van der Waals surface area contributed by atoms with E-state index in [4.69, 9.17) is 5.73 Å². The molecular weight excluding hydrogens is 348 g/mol. The second-order valence-corrected chi connectivity index (χ2v) is 7.81. The maximum atomic E-state index is 13.2. The van der Waals surface area contributed by atoms with Crippen molar-refractivity contribution in [3.63, 3.8) is 0 Å². The summed E-state index contributed by atoms with van der Waals surface area (Å²) in [6.45, 7) is 6.27. The number of nitrogen functional groups attached to an aromatic ring is 1. The zero-order valence-corrected chi connectivity index (χ0v) is 16.5. The van der Waals surface area contributed by atoms with Gasteiger partial charge in [0.1, 0.15) is 0 Å². The summed E-state index contributed by atoms with van der Waals surface area (Å²) >= 11 is 0. The van der Waals surface area contributed by atoms with Gasteiger partial charge in [0.25, 0.3) is 5.91 Å². The predicted octanol–water partition coefficient (Wildman–Crippen LogP) is 3.61. The lowest BCUT2D eigenvalue weighted by atomic mass is 10.1. The third-order valence-electron chi connectivity index (χ3n) is 5.86. The van der Waals surface area contributed by atoms with Crippen LogP contribution in [0.5, 0.6) is 0 Å². The van der Waals surface area contributed by atoms with Crippen LogP contribution in [-0.2, 0) is 0 Å². The highest BCUT2D eigenvalue weighted by molar-refractivity contribution is 6.08. The van der Waals surface area contributed by atoms with Gasteiger partial charge in [-0.25, -0.2) is 0 Å². The standard InChI is InChI=1S/C23H30N4O/c24-20-11-9-19(10-12-20)23(28)27-16-6-15-26(21-7-2-3-8-22(21)27)18-17-25-13-4-1-5-14-25/h2-3,7-12H,1,4-6,13-18,24H2. The highest BCUT2D eigenvalue weighted by Crippen LogP contribution is 2.33. The molecule has 148 valence electrons. The fourth-order valence-corrected chi connectivity index (χ4v) is 4.29. The number of benzene rings is 2. The number of likely N-dealkylation sites (tertiary alicyclic amines) is 1. The molecule has 0 aromatic heterocycles. The number of carbonyl (C=O) groups is 1. The molecule has 1 fully saturated rings. The van der Waals surface area contributed by atoms with Crippen LogP contribution in [0.15, 0.2) is 48.5 Å². The second-order valence-electron chi connectivity index (χ2n) is 7.81. The minimum Gasteiger partial charge on any atom is -0.399 e. The number of fused-ring (bicyclic) bond motifs is 1. The Hall–Kier alpha value is -2.53. The number of hydrogen-bond donors (Lipinski definition) is 1. The molecule has 1 amide bonds. The van der Waals surface area contributed by atoms with E-state index in [0.717, 1.165) is 38.3 Å². The SMILES string of the molecule is Nc1ccc(C(=O)N2CCCN(CCN3CCCCC3)c3ccccc32)cc1. The van der Waals surface area contributed by atoms with E-state index < -0.39 is 0 Å². The van der Waals surface area contributed by atoms with E-state index in [1.54, 1.807) is 12.1 Å². The van der Waals surface area contributed by atoms with E-state index in [2.05, 4.69) is 28.0 Å². The van der Waals surface area contributed by atoms with Crippen molar-refractivity contribution < 1.29 is 4.79 Å². The molecule has 2 N–H and O–H groups in total. The summed E-state index contributed by atoms with van der Waals surface area (Å²) in [5.74, 6) is 0.0466. The van der Waals surface area contributed by atoms with Gasteiger partial charge in [0, 0.05) is 37.4 Å².